The summed E-state index contributed by atoms with van der Waals surface area (Å²) in [5, 5.41) is 16.2. The summed E-state index contributed by atoms with van der Waals surface area (Å²) in [6.45, 7) is 0. The van der Waals surface area contributed by atoms with Gasteiger partial charge in [-0.2, -0.15) is 10.2 Å². The highest BCUT2D eigenvalue weighted by atomic mass is 32.2. The molecule has 2 amide bonds. The lowest BCUT2D eigenvalue weighted by molar-refractivity contribution is 0.233. The van der Waals surface area contributed by atoms with E-state index in [0.717, 1.165) is 15.5 Å². The van der Waals surface area contributed by atoms with Crippen molar-refractivity contribution < 1.29 is 17.9 Å². The average Bonchev–Trinajstić information content (AvgIpc) is 3.52. The largest absolute Gasteiger partial charge is 0.466 e. The summed E-state index contributed by atoms with van der Waals surface area (Å²) in [6.07, 6.45) is 4.13. The fourth-order valence-corrected chi connectivity index (χ4v) is 6.14. The molecule has 14 heteroatoms. The molecule has 0 atom stereocenters. The van der Waals surface area contributed by atoms with Gasteiger partial charge in [0.05, 0.1) is 23.3 Å². The zero-order valence-corrected chi connectivity index (χ0v) is 21.5. The van der Waals surface area contributed by atoms with Crippen LogP contribution in [0.15, 0.2) is 53.7 Å². The quantitative estimate of drug-likeness (QED) is 0.361. The highest BCUT2D eigenvalue weighted by molar-refractivity contribution is 7.90. The first-order valence-corrected chi connectivity index (χ1v) is 13.4. The van der Waals surface area contributed by atoms with Crippen LogP contribution in [0.4, 0.5) is 15.6 Å². The van der Waals surface area contributed by atoms with Gasteiger partial charge < -0.3 is 15.0 Å². The summed E-state index contributed by atoms with van der Waals surface area (Å²) < 4.78 is 36.4. The minimum atomic E-state index is -3.86. The Morgan fingerprint density at radius 1 is 1.27 bits per heavy atom. The molecule has 0 bridgehead atoms. The van der Waals surface area contributed by atoms with Gasteiger partial charge in [0.2, 0.25) is 5.13 Å². The number of methoxy groups -OCH3 is 1. The second-order valence-electron chi connectivity index (χ2n) is 8.42. The third kappa shape index (κ3) is 4.54. The van der Waals surface area contributed by atoms with Gasteiger partial charge in [-0.05, 0) is 31.0 Å². The molecule has 0 spiro atoms. The second-order valence-corrected chi connectivity index (χ2v) is 11.0. The molecule has 0 saturated heterocycles. The van der Waals surface area contributed by atoms with Crippen molar-refractivity contribution in [2.24, 2.45) is 0 Å². The first-order chi connectivity index (χ1) is 17.8. The number of nitriles is 1. The molecule has 190 valence electrons. The predicted octanol–water partition coefficient (Wildman–Crippen LogP) is 2.79. The van der Waals surface area contributed by atoms with Gasteiger partial charge in [0.15, 0.2) is 5.65 Å². The van der Waals surface area contributed by atoms with Crippen LogP contribution in [0.5, 0.6) is 6.01 Å². The first kappa shape index (κ1) is 24.5. The lowest BCUT2D eigenvalue weighted by Crippen LogP contribution is -2.54. The maximum atomic E-state index is 13.2. The molecule has 1 saturated carbocycles. The van der Waals surface area contributed by atoms with Gasteiger partial charge in [-0.3, -0.25) is 5.32 Å². The fraction of sp³-hybridized carbons (Fsp3) is 0.261. The number of anilines is 2. The minimum absolute atomic E-state index is 0.0266. The number of nitrogens with zero attached hydrogens (tertiary/aromatic N) is 6. The van der Waals surface area contributed by atoms with Crippen molar-refractivity contribution in [3.8, 4) is 12.1 Å². The summed E-state index contributed by atoms with van der Waals surface area (Å²) in [6, 6.07) is 11.7. The van der Waals surface area contributed by atoms with E-state index in [4.69, 9.17) is 4.74 Å². The summed E-state index contributed by atoms with van der Waals surface area (Å²) in [5.74, 6) is 0. The predicted molar refractivity (Wildman–Crippen MR) is 137 cm³/mol. The summed E-state index contributed by atoms with van der Waals surface area (Å²) in [7, 11) is -0.562. The van der Waals surface area contributed by atoms with Gasteiger partial charge in [-0.25, -0.2) is 22.2 Å². The number of carbonyl (C=O) groups is 1. The van der Waals surface area contributed by atoms with Crippen molar-refractivity contribution in [2.45, 2.75) is 29.8 Å². The summed E-state index contributed by atoms with van der Waals surface area (Å²) in [4.78, 5) is 22.7. The highest BCUT2D eigenvalue weighted by Gasteiger charge is 2.35. The Morgan fingerprint density at radius 2 is 2.03 bits per heavy atom. The van der Waals surface area contributed by atoms with E-state index in [-0.39, 0.29) is 28.6 Å². The molecule has 0 aliphatic heterocycles. The van der Waals surface area contributed by atoms with Crippen LogP contribution in [0, 0.1) is 11.3 Å². The third-order valence-electron chi connectivity index (χ3n) is 6.23. The SMILES string of the molecule is COc1nsc(NC(=O)N[C@H]2C[C@@H](N(C)c3c(C#N)cnc4c3ccn4S(=O)(=O)c3ccccc3)C2)n1. The number of amides is 2. The van der Waals surface area contributed by atoms with Crippen LogP contribution < -0.4 is 20.3 Å². The Morgan fingerprint density at radius 3 is 2.70 bits per heavy atom. The van der Waals surface area contributed by atoms with E-state index in [2.05, 4.69) is 31.0 Å². The van der Waals surface area contributed by atoms with Gasteiger partial charge in [-0.15, -0.1) is 4.37 Å². The lowest BCUT2D eigenvalue weighted by Gasteiger charge is -2.42. The van der Waals surface area contributed by atoms with Crippen LogP contribution in [0.25, 0.3) is 11.0 Å². The molecular formula is C23H22N8O4S2. The third-order valence-corrected chi connectivity index (χ3v) is 8.53. The minimum Gasteiger partial charge on any atom is -0.466 e. The van der Waals surface area contributed by atoms with Crippen molar-refractivity contribution in [1.29, 1.82) is 5.26 Å². The highest BCUT2D eigenvalue weighted by Crippen LogP contribution is 2.36. The van der Waals surface area contributed by atoms with Crippen LogP contribution in [0.2, 0.25) is 0 Å². The molecule has 3 aromatic heterocycles. The Balaban J connectivity index is 1.33. The number of carbonyl (C=O) groups excluding carboxylic acids is 1. The Kier molecular flexibility index (Phi) is 6.40. The van der Waals surface area contributed by atoms with Crippen LogP contribution >= 0.6 is 11.5 Å². The zero-order valence-electron chi connectivity index (χ0n) is 19.8. The second kappa shape index (κ2) is 9.68. The molecule has 1 fully saturated rings. The molecule has 2 N–H and O–H groups in total. The van der Waals surface area contributed by atoms with Crippen LogP contribution in [-0.2, 0) is 10.0 Å². The van der Waals surface area contributed by atoms with Gasteiger partial charge >= 0.3 is 12.0 Å². The number of nitrogens with one attached hydrogen (secondary N) is 2. The summed E-state index contributed by atoms with van der Waals surface area (Å²) in [5.41, 5.74) is 1.18. The molecule has 37 heavy (non-hydrogen) atoms. The Hall–Kier alpha value is -4.22. The van der Waals surface area contributed by atoms with E-state index in [1.165, 1.54) is 31.6 Å². The van der Waals surface area contributed by atoms with E-state index in [1.807, 2.05) is 11.9 Å². The van der Waals surface area contributed by atoms with E-state index in [1.54, 1.807) is 24.3 Å². The number of rotatable bonds is 7. The average molecular weight is 539 g/mol. The molecule has 4 aromatic rings. The number of urea groups is 1. The molecule has 12 nitrogen and oxygen atoms in total. The van der Waals surface area contributed by atoms with E-state index in [0.29, 0.717) is 34.6 Å². The molecule has 0 radical (unpaired) electrons. The number of hydrogen-bond acceptors (Lipinski definition) is 10. The fourth-order valence-electron chi connectivity index (χ4n) is 4.28. The molecule has 1 aliphatic rings. The number of aromatic nitrogens is 4. The Bertz CT molecular complexity index is 1600. The summed E-state index contributed by atoms with van der Waals surface area (Å²) >= 11 is 1.02. The van der Waals surface area contributed by atoms with E-state index >= 15 is 0 Å². The maximum Gasteiger partial charge on any atom is 0.329 e. The lowest BCUT2D eigenvalue weighted by atomic mass is 9.85. The van der Waals surface area contributed by atoms with E-state index in [9.17, 15) is 18.5 Å². The number of hydrogen-bond donors (Lipinski definition) is 2. The van der Waals surface area contributed by atoms with Gasteiger partial charge in [0.1, 0.15) is 6.07 Å². The van der Waals surface area contributed by atoms with Crippen molar-refractivity contribution in [2.75, 3.05) is 24.4 Å². The maximum absolute atomic E-state index is 13.2. The van der Waals surface area contributed by atoms with Gasteiger partial charge in [-0.1, -0.05) is 18.2 Å². The number of pyridine rings is 1. The number of fused-ring (bicyclic) bond motifs is 1. The van der Waals surface area contributed by atoms with Crippen molar-refractivity contribution in [1.82, 2.24) is 23.6 Å². The molecule has 0 unspecified atom stereocenters. The Labute approximate surface area is 216 Å². The first-order valence-electron chi connectivity index (χ1n) is 11.2. The number of ether oxygens (including phenoxy) is 1. The standard InChI is InChI=1S/C23H22N8O4S2/c1-30(16-10-15(11-16)26-21(32)27-23-28-22(35-2)29-36-23)19-14(12-24)13-25-20-18(19)8-9-31(20)37(33,34)17-6-4-3-5-7-17/h3-9,13,15-16H,10-11H2,1-2H3,(H2,26,27,28,29,32)/t15-,16+. The topological polar surface area (TPSA) is 155 Å². The van der Waals surface area contributed by atoms with E-state index < -0.39 is 16.1 Å². The molecule has 3 heterocycles. The molecule has 1 aromatic carbocycles. The van der Waals surface area contributed by atoms with Crippen LogP contribution in [0.1, 0.15) is 18.4 Å². The van der Waals surface area contributed by atoms with Gasteiger partial charge in [0, 0.05) is 48.4 Å². The smallest absolute Gasteiger partial charge is 0.329 e. The van der Waals surface area contributed by atoms with Crippen molar-refractivity contribution in [3.05, 3.63) is 54.4 Å². The monoisotopic (exact) mass is 538 g/mol. The zero-order chi connectivity index (χ0) is 26.2. The molecular weight excluding hydrogens is 516 g/mol. The van der Waals surface area contributed by atoms with Gasteiger partial charge in [0.25, 0.3) is 10.0 Å². The molecule has 5 rings (SSSR count). The number of benzene rings is 1. The molecule has 1 aliphatic carbocycles. The van der Waals surface area contributed by atoms with Crippen molar-refractivity contribution >= 4 is 49.4 Å². The van der Waals surface area contributed by atoms with Crippen LogP contribution in [-0.4, -0.2) is 59.0 Å². The normalized spacial score (nSPS) is 17.0. The van der Waals surface area contributed by atoms with Crippen molar-refractivity contribution in [3.63, 3.8) is 0 Å². The van der Waals surface area contributed by atoms with Crippen LogP contribution in [0.3, 0.4) is 0 Å².